The Bertz CT molecular complexity index is 481. The maximum absolute atomic E-state index is 5.71. The van der Waals surface area contributed by atoms with Crippen molar-refractivity contribution >= 4 is 0 Å². The highest BCUT2D eigenvalue weighted by molar-refractivity contribution is 5.50. The third-order valence-electron chi connectivity index (χ3n) is 2.39. The van der Waals surface area contributed by atoms with Gasteiger partial charge in [0.2, 0.25) is 0 Å². The Labute approximate surface area is 121 Å². The Morgan fingerprint density at radius 3 is 2.55 bits per heavy atom. The molecule has 0 amide bonds. The molecule has 0 fully saturated rings. The van der Waals surface area contributed by atoms with Crippen LogP contribution in [0.4, 0.5) is 0 Å². The second-order valence-electron chi connectivity index (χ2n) is 5.18. The Balaban J connectivity index is 2.68. The Kier molecular flexibility index (Phi) is 6.37. The summed E-state index contributed by atoms with van der Waals surface area (Å²) < 4.78 is 16.5. The first kappa shape index (κ1) is 16.4. The van der Waals surface area contributed by atoms with Crippen molar-refractivity contribution in [2.45, 2.75) is 26.4 Å². The predicted octanol–water partition coefficient (Wildman–Crippen LogP) is 2.20. The van der Waals surface area contributed by atoms with Crippen LogP contribution in [0.3, 0.4) is 0 Å². The molecule has 1 aromatic carbocycles. The topological polar surface area (TPSA) is 53.7 Å². The van der Waals surface area contributed by atoms with Gasteiger partial charge in [0.25, 0.3) is 0 Å². The number of benzene rings is 1. The molecule has 0 aliphatic carbocycles. The molecular formula is C16H23NO3. The molecule has 0 bridgehead atoms. The lowest BCUT2D eigenvalue weighted by Crippen LogP contribution is -2.22. The van der Waals surface area contributed by atoms with Crippen molar-refractivity contribution in [3.05, 3.63) is 23.8 Å². The van der Waals surface area contributed by atoms with E-state index in [1.807, 2.05) is 39.0 Å². The fraction of sp³-hybridized carbons (Fsp3) is 0.500. The molecule has 4 heteroatoms. The van der Waals surface area contributed by atoms with Crippen LogP contribution in [0, 0.1) is 11.8 Å². The molecule has 0 aromatic heterocycles. The van der Waals surface area contributed by atoms with Gasteiger partial charge in [-0.05, 0) is 39.0 Å². The van der Waals surface area contributed by atoms with Crippen LogP contribution < -0.4 is 15.2 Å². The van der Waals surface area contributed by atoms with Crippen molar-refractivity contribution in [2.24, 2.45) is 5.73 Å². The monoisotopic (exact) mass is 277 g/mol. The van der Waals surface area contributed by atoms with Crippen LogP contribution >= 0.6 is 0 Å². The van der Waals surface area contributed by atoms with Gasteiger partial charge in [-0.25, -0.2) is 0 Å². The lowest BCUT2D eigenvalue weighted by Gasteiger charge is -2.19. The van der Waals surface area contributed by atoms with E-state index < -0.39 is 0 Å². The lowest BCUT2D eigenvalue weighted by molar-refractivity contribution is -0.0163. The number of rotatable bonds is 5. The Hall–Kier alpha value is -1.70. The van der Waals surface area contributed by atoms with Gasteiger partial charge in [0, 0.05) is 0 Å². The Morgan fingerprint density at radius 1 is 1.20 bits per heavy atom. The quantitative estimate of drug-likeness (QED) is 0.662. The number of ether oxygens (including phenoxy) is 3. The third-order valence-corrected chi connectivity index (χ3v) is 2.39. The summed E-state index contributed by atoms with van der Waals surface area (Å²) in [6, 6.07) is 5.52. The highest BCUT2D eigenvalue weighted by Gasteiger charge is 2.10. The van der Waals surface area contributed by atoms with E-state index in [0.717, 1.165) is 11.3 Å². The SMILES string of the molecule is COc1ccc(OCCOC(C)(C)C)c(C#CCN)c1. The van der Waals surface area contributed by atoms with E-state index in [0.29, 0.717) is 25.5 Å². The van der Waals surface area contributed by atoms with E-state index >= 15 is 0 Å². The van der Waals surface area contributed by atoms with Gasteiger partial charge >= 0.3 is 0 Å². The molecule has 2 N–H and O–H groups in total. The maximum Gasteiger partial charge on any atom is 0.135 e. The van der Waals surface area contributed by atoms with E-state index in [1.165, 1.54) is 0 Å². The summed E-state index contributed by atoms with van der Waals surface area (Å²) in [6.07, 6.45) is 0. The van der Waals surface area contributed by atoms with Crippen molar-refractivity contribution in [3.63, 3.8) is 0 Å². The van der Waals surface area contributed by atoms with Gasteiger partial charge in [-0.15, -0.1) is 0 Å². The average molecular weight is 277 g/mol. The number of hydrogen-bond acceptors (Lipinski definition) is 4. The van der Waals surface area contributed by atoms with Gasteiger partial charge in [0.05, 0.1) is 31.4 Å². The molecule has 0 radical (unpaired) electrons. The van der Waals surface area contributed by atoms with Crippen LogP contribution in [0.5, 0.6) is 11.5 Å². The molecular weight excluding hydrogens is 254 g/mol. The van der Waals surface area contributed by atoms with Gasteiger partial charge in [0.1, 0.15) is 18.1 Å². The van der Waals surface area contributed by atoms with Crippen LogP contribution in [0.2, 0.25) is 0 Å². The summed E-state index contributed by atoms with van der Waals surface area (Å²) in [7, 11) is 1.62. The van der Waals surface area contributed by atoms with E-state index in [-0.39, 0.29) is 5.60 Å². The normalized spacial score (nSPS) is 10.7. The van der Waals surface area contributed by atoms with Gasteiger partial charge in [-0.2, -0.15) is 0 Å². The van der Waals surface area contributed by atoms with Crippen LogP contribution in [0.15, 0.2) is 18.2 Å². The summed E-state index contributed by atoms with van der Waals surface area (Å²) in [4.78, 5) is 0. The van der Waals surface area contributed by atoms with Gasteiger partial charge in [-0.3, -0.25) is 0 Å². The largest absolute Gasteiger partial charge is 0.497 e. The molecule has 0 spiro atoms. The lowest BCUT2D eigenvalue weighted by atomic mass is 10.2. The number of methoxy groups -OCH3 is 1. The van der Waals surface area contributed by atoms with Gasteiger partial charge in [-0.1, -0.05) is 11.8 Å². The maximum atomic E-state index is 5.71. The van der Waals surface area contributed by atoms with Crippen LogP contribution in [-0.2, 0) is 4.74 Å². The highest BCUT2D eigenvalue weighted by atomic mass is 16.5. The summed E-state index contributed by atoms with van der Waals surface area (Å²) in [5.41, 5.74) is 6.01. The van der Waals surface area contributed by atoms with Crippen molar-refractivity contribution < 1.29 is 14.2 Å². The molecule has 1 rings (SSSR count). The first-order chi connectivity index (χ1) is 9.46. The smallest absolute Gasteiger partial charge is 0.135 e. The van der Waals surface area contributed by atoms with E-state index in [2.05, 4.69) is 11.8 Å². The zero-order valence-corrected chi connectivity index (χ0v) is 12.7. The second-order valence-corrected chi connectivity index (χ2v) is 5.18. The molecule has 0 heterocycles. The van der Waals surface area contributed by atoms with Crippen LogP contribution in [0.1, 0.15) is 26.3 Å². The van der Waals surface area contributed by atoms with E-state index in [9.17, 15) is 0 Å². The molecule has 0 aliphatic rings. The number of nitrogens with two attached hydrogens (primary N) is 1. The summed E-state index contributed by atoms with van der Waals surface area (Å²) in [5, 5.41) is 0. The molecule has 0 unspecified atom stereocenters. The second kappa shape index (κ2) is 7.78. The summed E-state index contributed by atoms with van der Waals surface area (Å²) in [5.74, 6) is 7.26. The molecule has 20 heavy (non-hydrogen) atoms. The molecule has 4 nitrogen and oxygen atoms in total. The first-order valence-electron chi connectivity index (χ1n) is 6.60. The summed E-state index contributed by atoms with van der Waals surface area (Å²) >= 11 is 0. The average Bonchev–Trinajstić information content (AvgIpc) is 2.40. The minimum absolute atomic E-state index is 0.161. The minimum atomic E-state index is -0.161. The third kappa shape index (κ3) is 5.96. The standard InChI is InChI=1S/C16H23NO3/c1-16(2,3)20-11-10-19-15-8-7-14(18-4)12-13(15)6-5-9-17/h7-8,12H,9-11,17H2,1-4H3. The van der Waals surface area contributed by atoms with Crippen LogP contribution in [-0.4, -0.2) is 32.5 Å². The van der Waals surface area contributed by atoms with E-state index in [1.54, 1.807) is 7.11 Å². The fourth-order valence-electron chi connectivity index (χ4n) is 1.51. The van der Waals surface area contributed by atoms with Crippen molar-refractivity contribution in [1.82, 2.24) is 0 Å². The predicted molar refractivity (Wildman–Crippen MR) is 80.1 cm³/mol. The molecule has 1 aromatic rings. The molecule has 0 saturated heterocycles. The minimum Gasteiger partial charge on any atom is -0.497 e. The molecule has 0 aliphatic heterocycles. The zero-order valence-electron chi connectivity index (χ0n) is 12.7. The molecule has 0 saturated carbocycles. The summed E-state index contributed by atoms with van der Waals surface area (Å²) in [6.45, 7) is 7.35. The fourth-order valence-corrected chi connectivity index (χ4v) is 1.51. The van der Waals surface area contributed by atoms with Crippen molar-refractivity contribution in [3.8, 4) is 23.3 Å². The van der Waals surface area contributed by atoms with Gasteiger partial charge in [0.15, 0.2) is 0 Å². The van der Waals surface area contributed by atoms with Crippen molar-refractivity contribution in [1.29, 1.82) is 0 Å². The zero-order chi connectivity index (χ0) is 15.0. The van der Waals surface area contributed by atoms with Crippen molar-refractivity contribution in [2.75, 3.05) is 26.9 Å². The van der Waals surface area contributed by atoms with E-state index in [4.69, 9.17) is 19.9 Å². The highest BCUT2D eigenvalue weighted by Crippen LogP contribution is 2.23. The Morgan fingerprint density at radius 2 is 1.95 bits per heavy atom. The van der Waals surface area contributed by atoms with Crippen LogP contribution in [0.25, 0.3) is 0 Å². The molecule has 0 atom stereocenters. The number of hydrogen-bond donors (Lipinski definition) is 1. The molecule has 110 valence electrons. The first-order valence-corrected chi connectivity index (χ1v) is 6.60. The van der Waals surface area contributed by atoms with Gasteiger partial charge < -0.3 is 19.9 Å².